The highest BCUT2D eigenvalue weighted by atomic mass is 32.2. The van der Waals surface area contributed by atoms with Crippen LogP contribution in [-0.2, 0) is 9.53 Å². The molecule has 2 N–H and O–H groups in total. The number of amides is 2. The summed E-state index contributed by atoms with van der Waals surface area (Å²) in [5.74, 6) is 0.539. The van der Waals surface area contributed by atoms with Crippen LogP contribution in [-0.4, -0.2) is 42.2 Å². The third-order valence-corrected chi connectivity index (χ3v) is 5.17. The summed E-state index contributed by atoms with van der Waals surface area (Å²) in [6, 6.07) is 20.0. The summed E-state index contributed by atoms with van der Waals surface area (Å²) in [4.78, 5) is 24.8. The minimum absolute atomic E-state index is 0.0958. The van der Waals surface area contributed by atoms with Crippen LogP contribution in [0.1, 0.15) is 44.2 Å². The van der Waals surface area contributed by atoms with Crippen LogP contribution >= 0.6 is 11.8 Å². The monoisotopic (exact) mass is 428 g/mol. The molecule has 0 aromatic heterocycles. The Morgan fingerprint density at radius 1 is 0.967 bits per heavy atom. The normalized spacial score (nSPS) is 12.4. The Labute approximate surface area is 184 Å². The Morgan fingerprint density at radius 2 is 1.50 bits per heavy atom. The lowest BCUT2D eigenvalue weighted by Crippen LogP contribution is -2.48. The molecule has 0 heterocycles. The zero-order chi connectivity index (χ0) is 22.0. The largest absolute Gasteiger partial charge is 0.444 e. The summed E-state index contributed by atoms with van der Waals surface area (Å²) in [5.41, 5.74) is 1.69. The number of ether oxygens (including phenoxy) is 1. The molecule has 0 aliphatic carbocycles. The number of hydrogen-bond acceptors (Lipinski definition) is 5. The highest BCUT2D eigenvalue weighted by Crippen LogP contribution is 2.24. The molecule has 2 aromatic rings. The van der Waals surface area contributed by atoms with Gasteiger partial charge in [-0.05, 0) is 50.3 Å². The molecule has 0 saturated heterocycles. The Kier molecular flexibility index (Phi) is 9.40. The van der Waals surface area contributed by atoms with E-state index in [0.29, 0.717) is 13.0 Å². The molecule has 0 aliphatic heterocycles. The first kappa shape index (κ1) is 24.0. The fourth-order valence-electron chi connectivity index (χ4n) is 3.11. The van der Waals surface area contributed by atoms with Gasteiger partial charge < -0.3 is 10.1 Å². The van der Waals surface area contributed by atoms with Gasteiger partial charge >= 0.3 is 6.09 Å². The van der Waals surface area contributed by atoms with Crippen LogP contribution in [0.25, 0.3) is 0 Å². The van der Waals surface area contributed by atoms with Crippen molar-refractivity contribution in [1.82, 2.24) is 10.6 Å². The second-order valence-corrected chi connectivity index (χ2v) is 9.09. The van der Waals surface area contributed by atoms with Crippen LogP contribution in [0.2, 0.25) is 0 Å². The zero-order valence-electron chi connectivity index (χ0n) is 18.2. The standard InChI is InChI=1S/C24H32N2O3S/c1-24(2,3)29-23(28)26-22(27)21(15-16-30-4)25-17-20(18-11-7-5-8-12-18)19-13-9-6-10-14-19/h5-14,20-21,25H,15-17H2,1-4H3,(H,26,27,28)/t21-/m0/s1. The van der Waals surface area contributed by atoms with Crippen molar-refractivity contribution in [3.8, 4) is 0 Å². The maximum absolute atomic E-state index is 12.7. The van der Waals surface area contributed by atoms with Crippen molar-refractivity contribution in [1.29, 1.82) is 0 Å². The van der Waals surface area contributed by atoms with Gasteiger partial charge in [-0.15, -0.1) is 0 Å². The molecule has 2 aromatic carbocycles. The quantitative estimate of drug-likeness (QED) is 0.612. The Balaban J connectivity index is 2.11. The predicted molar refractivity (Wildman–Crippen MR) is 124 cm³/mol. The summed E-state index contributed by atoms with van der Waals surface area (Å²) in [6.07, 6.45) is 1.90. The van der Waals surface area contributed by atoms with Crippen LogP contribution in [0.5, 0.6) is 0 Å². The van der Waals surface area contributed by atoms with E-state index >= 15 is 0 Å². The predicted octanol–water partition coefficient (Wildman–Crippen LogP) is 4.58. The van der Waals surface area contributed by atoms with Crippen LogP contribution in [0.3, 0.4) is 0 Å². The molecule has 0 bridgehead atoms. The van der Waals surface area contributed by atoms with E-state index in [9.17, 15) is 9.59 Å². The molecular weight excluding hydrogens is 396 g/mol. The smallest absolute Gasteiger partial charge is 0.414 e. The molecule has 0 aliphatic rings. The SMILES string of the molecule is CSCC[C@H](NCC(c1ccccc1)c1ccccc1)C(=O)NC(=O)OC(C)(C)C. The number of benzene rings is 2. The number of carbonyl (C=O) groups is 2. The highest BCUT2D eigenvalue weighted by Gasteiger charge is 2.25. The Morgan fingerprint density at radius 3 is 1.97 bits per heavy atom. The third kappa shape index (κ3) is 8.20. The fraction of sp³-hybridized carbons (Fsp3) is 0.417. The molecule has 5 nitrogen and oxygen atoms in total. The molecule has 0 spiro atoms. The van der Waals surface area contributed by atoms with E-state index in [2.05, 4.69) is 34.9 Å². The number of hydrogen-bond donors (Lipinski definition) is 2. The maximum atomic E-state index is 12.7. The van der Waals surface area contributed by atoms with E-state index in [4.69, 9.17) is 4.74 Å². The van der Waals surface area contributed by atoms with Gasteiger partial charge in [0.2, 0.25) is 5.91 Å². The number of thioether (sulfide) groups is 1. The van der Waals surface area contributed by atoms with Gasteiger partial charge in [0.15, 0.2) is 0 Å². The summed E-state index contributed by atoms with van der Waals surface area (Å²) >= 11 is 1.67. The van der Waals surface area contributed by atoms with Crippen molar-refractivity contribution >= 4 is 23.8 Å². The number of nitrogens with one attached hydrogen (secondary N) is 2. The highest BCUT2D eigenvalue weighted by molar-refractivity contribution is 7.98. The van der Waals surface area contributed by atoms with Gasteiger partial charge in [0.1, 0.15) is 5.60 Å². The van der Waals surface area contributed by atoms with E-state index in [0.717, 1.165) is 5.75 Å². The van der Waals surface area contributed by atoms with Gasteiger partial charge in [0.05, 0.1) is 6.04 Å². The first-order chi connectivity index (χ1) is 14.3. The lowest BCUT2D eigenvalue weighted by Gasteiger charge is -2.24. The topological polar surface area (TPSA) is 67.4 Å². The molecule has 2 rings (SSSR count). The van der Waals surface area contributed by atoms with Crippen LogP contribution in [0, 0.1) is 0 Å². The molecule has 162 valence electrons. The Hall–Kier alpha value is -2.31. The van der Waals surface area contributed by atoms with E-state index in [1.54, 1.807) is 32.5 Å². The molecule has 1 atom stereocenters. The van der Waals surface area contributed by atoms with Crippen LogP contribution < -0.4 is 10.6 Å². The molecule has 0 fully saturated rings. The van der Waals surface area contributed by atoms with Gasteiger partial charge in [-0.25, -0.2) is 4.79 Å². The van der Waals surface area contributed by atoms with Gasteiger partial charge in [-0.1, -0.05) is 60.7 Å². The number of imide groups is 1. The van der Waals surface area contributed by atoms with Crippen molar-refractivity contribution in [2.45, 2.75) is 44.8 Å². The van der Waals surface area contributed by atoms with Crippen molar-refractivity contribution in [2.24, 2.45) is 0 Å². The first-order valence-corrected chi connectivity index (χ1v) is 11.6. The summed E-state index contributed by atoms with van der Waals surface area (Å²) < 4.78 is 5.22. The van der Waals surface area contributed by atoms with Gasteiger partial charge in [-0.3, -0.25) is 10.1 Å². The van der Waals surface area contributed by atoms with E-state index < -0.39 is 17.7 Å². The van der Waals surface area contributed by atoms with E-state index in [1.165, 1.54) is 11.1 Å². The first-order valence-electron chi connectivity index (χ1n) is 10.2. The van der Waals surface area contributed by atoms with Gasteiger partial charge in [0.25, 0.3) is 0 Å². The number of alkyl carbamates (subject to hydrolysis) is 1. The summed E-state index contributed by atoms with van der Waals surface area (Å²) in [6.45, 7) is 5.88. The molecule has 2 amide bonds. The van der Waals surface area contributed by atoms with E-state index in [1.807, 2.05) is 42.7 Å². The van der Waals surface area contributed by atoms with Crippen molar-refractivity contribution < 1.29 is 14.3 Å². The summed E-state index contributed by atoms with van der Waals surface area (Å²) in [5, 5.41) is 5.76. The van der Waals surface area contributed by atoms with Crippen LogP contribution in [0.4, 0.5) is 4.79 Å². The Bertz CT molecular complexity index is 752. The van der Waals surface area contributed by atoms with Crippen molar-refractivity contribution in [3.63, 3.8) is 0 Å². The molecule has 0 unspecified atom stereocenters. The lowest BCUT2D eigenvalue weighted by molar-refractivity contribution is -0.122. The van der Waals surface area contributed by atoms with Crippen LogP contribution in [0.15, 0.2) is 60.7 Å². The van der Waals surface area contributed by atoms with E-state index in [-0.39, 0.29) is 11.8 Å². The van der Waals surface area contributed by atoms with Gasteiger partial charge in [0, 0.05) is 12.5 Å². The van der Waals surface area contributed by atoms with Crippen molar-refractivity contribution in [2.75, 3.05) is 18.6 Å². The average Bonchev–Trinajstić information content (AvgIpc) is 2.70. The third-order valence-electron chi connectivity index (χ3n) is 4.52. The molecular formula is C24H32N2O3S. The average molecular weight is 429 g/mol. The fourth-order valence-corrected chi connectivity index (χ4v) is 3.58. The lowest BCUT2D eigenvalue weighted by atomic mass is 9.91. The molecule has 6 heteroatoms. The second-order valence-electron chi connectivity index (χ2n) is 8.11. The number of rotatable bonds is 9. The second kappa shape index (κ2) is 11.8. The number of carbonyl (C=O) groups excluding carboxylic acids is 2. The molecule has 30 heavy (non-hydrogen) atoms. The zero-order valence-corrected chi connectivity index (χ0v) is 19.0. The molecule has 0 radical (unpaired) electrons. The maximum Gasteiger partial charge on any atom is 0.414 e. The minimum Gasteiger partial charge on any atom is -0.444 e. The van der Waals surface area contributed by atoms with Crippen molar-refractivity contribution in [3.05, 3.63) is 71.8 Å². The van der Waals surface area contributed by atoms with Gasteiger partial charge in [-0.2, -0.15) is 11.8 Å². The molecule has 0 saturated carbocycles. The summed E-state index contributed by atoms with van der Waals surface area (Å²) in [7, 11) is 0. The minimum atomic E-state index is -0.717.